The lowest BCUT2D eigenvalue weighted by Crippen LogP contribution is -2.12. The van der Waals surface area contributed by atoms with Gasteiger partial charge in [-0.3, -0.25) is 0 Å². The molecule has 0 aliphatic carbocycles. The number of rotatable bonds is 8. The average Bonchev–Trinajstić information content (AvgIpc) is 2.26. The smallest absolute Gasteiger partial charge is 0.331 e. The fourth-order valence-corrected chi connectivity index (χ4v) is 1.29. The molecule has 0 radical (unpaired) electrons. The van der Waals surface area contributed by atoms with E-state index >= 15 is 0 Å². The highest BCUT2D eigenvalue weighted by Crippen LogP contribution is 2.12. The molecule has 0 aromatic carbocycles. The first-order valence-electron chi connectivity index (χ1n) is 5.67. The van der Waals surface area contributed by atoms with E-state index < -0.39 is 11.9 Å². The number of esters is 1. The molecule has 4 heteroatoms. The zero-order valence-corrected chi connectivity index (χ0v) is 9.94. The number of carbonyl (C=O) groups is 2. The molecule has 1 N–H and O–H groups in total. The minimum absolute atomic E-state index is 0.374. The van der Waals surface area contributed by atoms with Crippen molar-refractivity contribution >= 4 is 11.9 Å². The molecule has 0 saturated carbocycles. The van der Waals surface area contributed by atoms with E-state index in [4.69, 9.17) is 9.84 Å². The van der Waals surface area contributed by atoms with E-state index in [2.05, 4.69) is 13.8 Å². The highest BCUT2D eigenvalue weighted by Gasteiger charge is 2.08. The van der Waals surface area contributed by atoms with Crippen molar-refractivity contribution in [2.24, 2.45) is 5.92 Å². The number of aliphatic carboxylic acids is 1. The normalized spacial score (nSPS) is 12.6. The third kappa shape index (κ3) is 8.03. The molecule has 1 atom stereocenters. The van der Waals surface area contributed by atoms with Gasteiger partial charge in [-0.15, -0.1) is 0 Å². The summed E-state index contributed by atoms with van der Waals surface area (Å²) >= 11 is 0. The molecule has 0 aliphatic heterocycles. The molecule has 0 unspecified atom stereocenters. The van der Waals surface area contributed by atoms with E-state index in [0.29, 0.717) is 12.5 Å². The highest BCUT2D eigenvalue weighted by atomic mass is 16.5. The standard InChI is InChI=1S/C12H20O4/c1-3-5-6-10(4-2)9-16-12(15)8-7-11(13)14/h7-8,10H,3-6,9H2,1-2H3,(H,13,14)/b8-7-/t10-/m1/s1. The van der Waals surface area contributed by atoms with Crippen molar-refractivity contribution in [3.8, 4) is 0 Å². The van der Waals surface area contributed by atoms with E-state index in [1.54, 1.807) is 0 Å². The van der Waals surface area contributed by atoms with Crippen molar-refractivity contribution in [2.45, 2.75) is 39.5 Å². The van der Waals surface area contributed by atoms with Crippen LogP contribution in [0.1, 0.15) is 39.5 Å². The number of carboxylic acids is 1. The van der Waals surface area contributed by atoms with Gasteiger partial charge in [-0.2, -0.15) is 0 Å². The topological polar surface area (TPSA) is 63.6 Å². The monoisotopic (exact) mass is 228 g/mol. The number of carbonyl (C=O) groups excluding carboxylic acids is 1. The Labute approximate surface area is 96.3 Å². The largest absolute Gasteiger partial charge is 0.478 e. The summed E-state index contributed by atoms with van der Waals surface area (Å²) in [6, 6.07) is 0. The van der Waals surface area contributed by atoms with Gasteiger partial charge in [-0.05, 0) is 12.3 Å². The van der Waals surface area contributed by atoms with Gasteiger partial charge in [-0.25, -0.2) is 9.59 Å². The zero-order chi connectivity index (χ0) is 12.4. The molecule has 0 bridgehead atoms. The number of unbranched alkanes of at least 4 members (excludes halogenated alkanes) is 1. The van der Waals surface area contributed by atoms with Crippen LogP contribution in [0.4, 0.5) is 0 Å². The lowest BCUT2D eigenvalue weighted by Gasteiger charge is -2.13. The molecule has 0 rings (SSSR count). The average molecular weight is 228 g/mol. The molecule has 0 fully saturated rings. The quantitative estimate of drug-likeness (QED) is 0.511. The van der Waals surface area contributed by atoms with Crippen molar-refractivity contribution in [2.75, 3.05) is 6.61 Å². The van der Waals surface area contributed by atoms with Crippen LogP contribution < -0.4 is 0 Å². The van der Waals surface area contributed by atoms with Gasteiger partial charge in [0, 0.05) is 12.2 Å². The maximum Gasteiger partial charge on any atom is 0.331 e. The van der Waals surface area contributed by atoms with E-state index in [9.17, 15) is 9.59 Å². The van der Waals surface area contributed by atoms with Crippen LogP contribution in [0.15, 0.2) is 12.2 Å². The highest BCUT2D eigenvalue weighted by molar-refractivity contribution is 5.90. The van der Waals surface area contributed by atoms with E-state index in [0.717, 1.165) is 37.8 Å². The van der Waals surface area contributed by atoms with E-state index in [1.165, 1.54) is 0 Å². The maximum absolute atomic E-state index is 11.1. The minimum atomic E-state index is -1.14. The first kappa shape index (κ1) is 14.7. The van der Waals surface area contributed by atoms with Crippen molar-refractivity contribution in [1.29, 1.82) is 0 Å². The molecule has 0 amide bonds. The Balaban J connectivity index is 3.83. The minimum Gasteiger partial charge on any atom is -0.478 e. The number of carboxylic acid groups (broad SMARTS) is 1. The number of hydrogen-bond donors (Lipinski definition) is 1. The Bertz CT molecular complexity index is 245. The molecular weight excluding hydrogens is 208 g/mol. The molecule has 4 nitrogen and oxygen atoms in total. The van der Waals surface area contributed by atoms with Crippen LogP contribution in [0.5, 0.6) is 0 Å². The van der Waals surface area contributed by atoms with Gasteiger partial charge in [0.05, 0.1) is 6.61 Å². The summed E-state index contributed by atoms with van der Waals surface area (Å²) < 4.78 is 4.95. The lowest BCUT2D eigenvalue weighted by atomic mass is 10.0. The number of hydrogen-bond acceptors (Lipinski definition) is 3. The Morgan fingerprint density at radius 2 is 2.00 bits per heavy atom. The molecule has 0 aliphatic rings. The second kappa shape index (κ2) is 8.95. The molecule has 0 aromatic rings. The van der Waals surface area contributed by atoms with Crippen LogP contribution in [0.3, 0.4) is 0 Å². The van der Waals surface area contributed by atoms with Gasteiger partial charge >= 0.3 is 11.9 Å². The first-order valence-corrected chi connectivity index (χ1v) is 5.67. The molecule has 0 spiro atoms. The summed E-state index contributed by atoms with van der Waals surface area (Å²) in [4.78, 5) is 21.2. The van der Waals surface area contributed by atoms with Gasteiger partial charge in [0.25, 0.3) is 0 Å². The summed E-state index contributed by atoms with van der Waals surface area (Å²) in [5.74, 6) is -1.35. The van der Waals surface area contributed by atoms with Gasteiger partial charge < -0.3 is 9.84 Å². The summed E-state index contributed by atoms with van der Waals surface area (Å²) in [6.07, 6.45) is 5.99. The van der Waals surface area contributed by atoms with Crippen LogP contribution >= 0.6 is 0 Å². The van der Waals surface area contributed by atoms with Crippen molar-refractivity contribution in [3.63, 3.8) is 0 Å². The summed E-state index contributed by atoms with van der Waals surface area (Å²) in [6.45, 7) is 4.55. The Kier molecular flexibility index (Phi) is 8.21. The van der Waals surface area contributed by atoms with Crippen LogP contribution in [0.25, 0.3) is 0 Å². The number of ether oxygens (including phenoxy) is 1. The summed E-state index contributed by atoms with van der Waals surface area (Å²) in [5.41, 5.74) is 0. The van der Waals surface area contributed by atoms with Gasteiger partial charge in [-0.1, -0.05) is 33.1 Å². The van der Waals surface area contributed by atoms with E-state index in [1.807, 2.05) is 0 Å². The molecular formula is C12H20O4. The van der Waals surface area contributed by atoms with Crippen LogP contribution in [-0.2, 0) is 14.3 Å². The maximum atomic E-state index is 11.1. The predicted molar refractivity (Wildman–Crippen MR) is 61.0 cm³/mol. The van der Waals surface area contributed by atoms with Crippen molar-refractivity contribution in [1.82, 2.24) is 0 Å². The van der Waals surface area contributed by atoms with Crippen LogP contribution in [0, 0.1) is 5.92 Å². The molecule has 0 heterocycles. The summed E-state index contributed by atoms with van der Waals surface area (Å²) in [7, 11) is 0. The summed E-state index contributed by atoms with van der Waals surface area (Å²) in [5, 5.41) is 8.31. The molecule has 0 aromatic heterocycles. The second-order valence-corrected chi connectivity index (χ2v) is 3.72. The zero-order valence-electron chi connectivity index (χ0n) is 9.94. The first-order chi connectivity index (χ1) is 7.60. The van der Waals surface area contributed by atoms with Crippen molar-refractivity contribution in [3.05, 3.63) is 12.2 Å². The SMILES string of the molecule is CCCC[C@@H](CC)COC(=O)/C=C\C(=O)O. The Morgan fingerprint density at radius 1 is 1.31 bits per heavy atom. The molecule has 92 valence electrons. The third-order valence-electron chi connectivity index (χ3n) is 2.37. The fraction of sp³-hybridized carbons (Fsp3) is 0.667. The third-order valence-corrected chi connectivity index (χ3v) is 2.37. The molecule has 16 heavy (non-hydrogen) atoms. The lowest BCUT2D eigenvalue weighted by molar-refractivity contribution is -0.140. The van der Waals surface area contributed by atoms with Crippen LogP contribution in [-0.4, -0.2) is 23.7 Å². The predicted octanol–water partition coefficient (Wildman–Crippen LogP) is 2.39. The second-order valence-electron chi connectivity index (χ2n) is 3.72. The Morgan fingerprint density at radius 3 is 2.50 bits per heavy atom. The van der Waals surface area contributed by atoms with E-state index in [-0.39, 0.29) is 0 Å². The Hall–Kier alpha value is -1.32. The van der Waals surface area contributed by atoms with Gasteiger partial charge in [0.1, 0.15) is 0 Å². The van der Waals surface area contributed by atoms with Crippen LogP contribution in [0.2, 0.25) is 0 Å². The van der Waals surface area contributed by atoms with Gasteiger partial charge in [0.2, 0.25) is 0 Å². The van der Waals surface area contributed by atoms with Crippen molar-refractivity contribution < 1.29 is 19.4 Å². The fourth-order valence-electron chi connectivity index (χ4n) is 1.29. The van der Waals surface area contributed by atoms with Gasteiger partial charge in [0.15, 0.2) is 0 Å². The molecule has 0 saturated heterocycles.